The molecule has 0 N–H and O–H groups in total. The number of fused-ring (bicyclic) bond motifs is 15. The number of nitrogens with zero attached hydrogens (tertiary/aromatic N) is 10. The first-order valence-electron chi connectivity index (χ1n) is 46.2. The van der Waals surface area contributed by atoms with Gasteiger partial charge in [-0.25, -0.2) is 47.8 Å². The topological polar surface area (TPSA) is 150 Å². The van der Waals surface area contributed by atoms with Crippen molar-refractivity contribution in [3.05, 3.63) is 299 Å². The molecular weight excluding hydrogens is 1430 g/mol. The van der Waals surface area contributed by atoms with Crippen LogP contribution >= 0.6 is 0 Å². The molecule has 20 rings (SSSR count). The van der Waals surface area contributed by atoms with Gasteiger partial charge in [0.2, 0.25) is 57.0 Å². The molecule has 15 aromatic heterocycles. The average Bonchev–Trinajstić information content (AvgIpc) is 1.57. The van der Waals surface area contributed by atoms with Gasteiger partial charge in [0.05, 0.1) is 27.8 Å². The fourth-order valence-electron chi connectivity index (χ4n) is 15.6. The first-order chi connectivity index (χ1) is 62.3. The predicted molar refractivity (Wildman–Crippen MR) is 466 cm³/mol. The number of hydrogen-bond donors (Lipinski definition) is 0. The van der Waals surface area contributed by atoms with E-state index in [-0.39, 0.29) is 11.1 Å². The van der Waals surface area contributed by atoms with Gasteiger partial charge in [-0.1, -0.05) is 82.2 Å². The summed E-state index contributed by atoms with van der Waals surface area (Å²) in [6.07, 6.45) is 17.3. The maximum absolute atomic E-state index is 8.45. The zero-order valence-corrected chi connectivity index (χ0v) is 67.0. The van der Waals surface area contributed by atoms with Gasteiger partial charge in [0.25, 0.3) is 0 Å². The van der Waals surface area contributed by atoms with Crippen LogP contribution in [0.4, 0.5) is 0 Å². The SMILES string of the molecule is Cc1ccc2c(oc3ncccc32)c1-c1cc(C(C)C)cc[n+]1C.[2H]C([2H])([2H])C([2H])(C)c1cc[n+](C)c(-c2c(C)ccc3c2oc2ncccc23)c1.[2H]C([2H])([2H])c1c[n+](C)c(-c2c(C)ccc3c2oc2ncccc23)cc1C.[2H]C([2H])([2H])c1ccc(-c2c(C)cc(C([2H])([2H])[2H])c3c2oc2ncccc23)[n+](C)c1.[2H]C([2H])([2H])c1ccc(-c2c(C)ccc3c2oc2ncccc23)[n+](C)c1. The second kappa shape index (κ2) is 31.2. The molecule has 1 unspecified atom stereocenters. The van der Waals surface area contributed by atoms with Crippen LogP contribution in [0.25, 0.3) is 167 Å². The summed E-state index contributed by atoms with van der Waals surface area (Å²) in [7, 11) is 9.45. The summed E-state index contributed by atoms with van der Waals surface area (Å²) in [5.74, 6) is -1.23. The van der Waals surface area contributed by atoms with Gasteiger partial charge in [0.15, 0.2) is 58.9 Å². The molecule has 116 heavy (non-hydrogen) atoms. The molecular formula is C101H97N10O5+5. The van der Waals surface area contributed by atoms with Crippen LogP contribution in [0.2, 0.25) is 0 Å². The van der Waals surface area contributed by atoms with Gasteiger partial charge in [-0.2, -0.15) is 0 Å². The zero-order valence-electron chi connectivity index (χ0n) is 83.0. The Labute approximate surface area is 697 Å². The highest BCUT2D eigenvalue weighted by atomic mass is 16.4. The number of aromatic nitrogens is 10. The minimum absolute atomic E-state index is 0.210. The quantitative estimate of drug-likeness (QED) is 0.141. The minimum Gasteiger partial charge on any atom is -0.437 e. The van der Waals surface area contributed by atoms with E-state index in [4.69, 9.17) is 44.0 Å². The van der Waals surface area contributed by atoms with Crippen molar-refractivity contribution in [3.8, 4) is 56.3 Å². The molecule has 15 heteroatoms. The molecule has 0 aliphatic heterocycles. The molecule has 1 atom stereocenters. The molecule has 0 aliphatic carbocycles. The second-order valence-electron chi connectivity index (χ2n) is 30.0. The average molecular weight is 1550 g/mol. The van der Waals surface area contributed by atoms with Crippen molar-refractivity contribution in [3.63, 3.8) is 0 Å². The molecule has 15 nitrogen and oxygen atoms in total. The Bertz CT molecular complexity index is 7950. The lowest BCUT2D eigenvalue weighted by molar-refractivity contribution is -0.660. The lowest BCUT2D eigenvalue weighted by atomic mass is 9.97. The van der Waals surface area contributed by atoms with E-state index in [0.29, 0.717) is 78.7 Å². The summed E-state index contributed by atoms with van der Waals surface area (Å²) in [6.45, 7) is 6.48. The molecule has 0 radical (unpaired) electrons. The van der Waals surface area contributed by atoms with E-state index in [0.717, 1.165) is 133 Å². The molecule has 20 aromatic rings. The van der Waals surface area contributed by atoms with Crippen LogP contribution < -0.4 is 22.8 Å². The highest BCUT2D eigenvalue weighted by Gasteiger charge is 2.28. The fraction of sp³-hybridized carbons (Fsp3) is 0.208. The van der Waals surface area contributed by atoms with Gasteiger partial charge in [-0.15, -0.1) is 0 Å². The summed E-state index contributed by atoms with van der Waals surface area (Å²) in [5.41, 5.74) is 24.2. The van der Waals surface area contributed by atoms with Crippen LogP contribution in [0.15, 0.2) is 254 Å². The Morgan fingerprint density at radius 1 is 0.302 bits per heavy atom. The van der Waals surface area contributed by atoms with Crippen LogP contribution in [-0.2, 0) is 35.2 Å². The van der Waals surface area contributed by atoms with Gasteiger partial charge in [-0.05, 0) is 204 Å². The maximum Gasteiger partial charge on any atom is 0.227 e. The first kappa shape index (κ1) is 59.3. The van der Waals surface area contributed by atoms with Gasteiger partial charge in [0.1, 0.15) is 35.2 Å². The minimum atomic E-state index is -2.44. The Kier molecular flexibility index (Phi) is 15.9. The standard InChI is InChI=1S/2C21H21N2O.2C20H19N2O.C19H17N2O/c2*1-13(2)15-9-11-23(4)18(12-15)19-14(3)7-8-16-17-6-5-10-22-21(17)24-20(16)19;1-12-7-8-15-16-6-5-9-21-20(16)23-19(15)18(12)17-10-13(2)14(3)11-22(17)4;1-12-7-8-16(22(4)11-12)18-14(3)10-13(2)17-15-6-5-9-21-20(15)23-19(17)18;1-12-6-9-16(21(3)11-12)17-13(2)7-8-14-15-5-4-10-20-19(15)22-18(14)17/h2*5-13H,1-4H3;2*5-11H,1-4H3;4-11H,1-3H3/q5*+1/i1D3,13D;;3D3;1D3,2D3;1D3. The zero-order chi connectivity index (χ0) is 94.7. The Morgan fingerprint density at radius 2 is 0.655 bits per heavy atom. The molecule has 576 valence electrons. The summed E-state index contributed by atoms with van der Waals surface area (Å²) in [5, 5.41) is 9.18. The van der Waals surface area contributed by atoms with Gasteiger partial charge in [-0.3, -0.25) is 0 Å². The van der Waals surface area contributed by atoms with E-state index < -0.39 is 40.2 Å². The van der Waals surface area contributed by atoms with Crippen molar-refractivity contribution in [2.75, 3.05) is 0 Å². The molecule has 0 spiro atoms. The lowest BCUT2D eigenvalue weighted by Crippen LogP contribution is -2.31. The monoisotopic (exact) mass is 1550 g/mol. The highest BCUT2D eigenvalue weighted by molar-refractivity contribution is 6.13. The smallest absolute Gasteiger partial charge is 0.227 e. The number of rotatable bonds is 7. The molecule has 0 saturated carbocycles. The molecule has 0 amide bonds. The van der Waals surface area contributed by atoms with E-state index in [9.17, 15) is 0 Å². The number of benzene rings is 5. The van der Waals surface area contributed by atoms with Crippen molar-refractivity contribution >= 4 is 110 Å². The van der Waals surface area contributed by atoms with E-state index in [1.165, 1.54) is 23.7 Å². The summed E-state index contributed by atoms with van der Waals surface area (Å²) in [6, 6.07) is 54.0. The van der Waals surface area contributed by atoms with Crippen molar-refractivity contribution in [1.29, 1.82) is 0 Å². The van der Waals surface area contributed by atoms with Gasteiger partial charge in [0, 0.05) is 166 Å². The molecule has 0 bridgehead atoms. The van der Waals surface area contributed by atoms with Gasteiger partial charge >= 0.3 is 0 Å². The van der Waals surface area contributed by atoms with E-state index >= 15 is 0 Å². The van der Waals surface area contributed by atoms with Crippen molar-refractivity contribution < 1.29 is 66.9 Å². The van der Waals surface area contributed by atoms with Crippen LogP contribution in [0.1, 0.15) is 128 Å². The first-order valence-corrected chi connectivity index (χ1v) is 38.2. The van der Waals surface area contributed by atoms with Crippen molar-refractivity contribution in [2.45, 2.75) is 108 Å². The summed E-state index contributed by atoms with van der Waals surface area (Å²) >= 11 is 0. The van der Waals surface area contributed by atoms with Crippen molar-refractivity contribution in [2.24, 2.45) is 35.2 Å². The van der Waals surface area contributed by atoms with E-state index in [2.05, 4.69) is 106 Å². The summed E-state index contributed by atoms with van der Waals surface area (Å²) < 4.78 is 164. The normalized spacial score (nSPS) is 14.6. The molecule has 0 aliphatic rings. The number of aryl methyl sites for hydroxylation is 15. The van der Waals surface area contributed by atoms with Crippen LogP contribution in [-0.4, -0.2) is 24.9 Å². The molecule has 15 heterocycles. The largest absolute Gasteiger partial charge is 0.437 e. The summed E-state index contributed by atoms with van der Waals surface area (Å²) in [4.78, 5) is 21.6. The number of pyridine rings is 10. The lowest BCUT2D eigenvalue weighted by Gasteiger charge is -2.09. The third-order valence-corrected chi connectivity index (χ3v) is 21.7. The number of furan rings is 5. The third kappa shape index (κ3) is 14.1. The molecule has 0 fully saturated rings. The predicted octanol–water partition coefficient (Wildman–Crippen LogP) is 22.7. The second-order valence-corrected chi connectivity index (χ2v) is 30.0. The fourth-order valence-corrected chi connectivity index (χ4v) is 15.6. The Balaban J connectivity index is 0.000000121. The highest BCUT2D eigenvalue weighted by Crippen LogP contribution is 2.43. The van der Waals surface area contributed by atoms with E-state index in [1.807, 2.05) is 148 Å². The van der Waals surface area contributed by atoms with Crippen LogP contribution in [0.3, 0.4) is 0 Å². The number of hydrogen-bond acceptors (Lipinski definition) is 10. The van der Waals surface area contributed by atoms with Gasteiger partial charge < -0.3 is 22.1 Å². The van der Waals surface area contributed by atoms with Crippen molar-refractivity contribution in [1.82, 2.24) is 24.9 Å². The molecule has 5 aromatic carbocycles. The molecule has 0 saturated heterocycles. The van der Waals surface area contributed by atoms with Crippen LogP contribution in [0, 0.1) is 68.9 Å². The Morgan fingerprint density at radius 3 is 1.04 bits per heavy atom. The maximum atomic E-state index is 8.45. The third-order valence-electron chi connectivity index (χ3n) is 21.7. The van der Waals surface area contributed by atoms with E-state index in [1.54, 1.807) is 116 Å². The van der Waals surface area contributed by atoms with Crippen LogP contribution in [0.5, 0.6) is 0 Å². The Hall–Kier alpha value is -13.4.